The summed E-state index contributed by atoms with van der Waals surface area (Å²) in [6, 6.07) is 1.12. The monoisotopic (exact) mass is 230 g/mol. The second kappa shape index (κ2) is 7.22. The van der Waals surface area contributed by atoms with Crippen molar-refractivity contribution >= 4 is 0 Å². The van der Waals surface area contributed by atoms with E-state index in [1.165, 1.54) is 12.8 Å². The molecule has 0 heterocycles. The van der Waals surface area contributed by atoms with E-state index in [1.54, 1.807) is 7.11 Å². The topological polar surface area (TPSA) is 44.7 Å². The van der Waals surface area contributed by atoms with E-state index in [0.717, 1.165) is 19.7 Å². The van der Waals surface area contributed by atoms with E-state index in [9.17, 15) is 5.11 Å². The van der Waals surface area contributed by atoms with Crippen LogP contribution < -0.4 is 5.32 Å². The molecule has 1 aliphatic rings. The lowest BCUT2D eigenvalue weighted by Crippen LogP contribution is -2.42. The molecular weight excluding hydrogens is 204 g/mol. The molecule has 4 nitrogen and oxygen atoms in total. The minimum absolute atomic E-state index is 0.278. The molecule has 2 N–H and O–H groups in total. The highest BCUT2D eigenvalue weighted by Crippen LogP contribution is 2.26. The van der Waals surface area contributed by atoms with Crippen molar-refractivity contribution < 1.29 is 9.84 Å². The molecule has 1 aliphatic carbocycles. The largest absolute Gasteiger partial charge is 0.390 e. The summed E-state index contributed by atoms with van der Waals surface area (Å²) in [6.07, 6.45) is 2.27. The zero-order chi connectivity index (χ0) is 12.0. The number of nitrogens with zero attached hydrogens (tertiary/aromatic N) is 1. The van der Waals surface area contributed by atoms with Gasteiger partial charge in [0.2, 0.25) is 0 Å². The van der Waals surface area contributed by atoms with Crippen LogP contribution in [-0.2, 0) is 4.74 Å². The van der Waals surface area contributed by atoms with Gasteiger partial charge in [0.05, 0.1) is 12.7 Å². The van der Waals surface area contributed by atoms with Gasteiger partial charge in [0.15, 0.2) is 0 Å². The van der Waals surface area contributed by atoms with Crippen molar-refractivity contribution in [3.05, 3.63) is 0 Å². The minimum Gasteiger partial charge on any atom is -0.390 e. The predicted molar refractivity (Wildman–Crippen MR) is 65.6 cm³/mol. The van der Waals surface area contributed by atoms with Crippen LogP contribution in [0.25, 0.3) is 0 Å². The summed E-state index contributed by atoms with van der Waals surface area (Å²) in [5.41, 5.74) is 0. The molecule has 0 amide bonds. The summed E-state index contributed by atoms with van der Waals surface area (Å²) < 4.78 is 5.09. The minimum atomic E-state index is -0.278. The molecule has 1 fully saturated rings. The maximum absolute atomic E-state index is 9.90. The molecule has 1 atom stereocenters. The summed E-state index contributed by atoms with van der Waals surface area (Å²) in [5, 5.41) is 13.2. The maximum atomic E-state index is 9.90. The van der Waals surface area contributed by atoms with E-state index in [-0.39, 0.29) is 6.10 Å². The Balaban J connectivity index is 2.19. The molecule has 0 bridgehead atoms. The molecule has 0 aromatic heterocycles. The van der Waals surface area contributed by atoms with Gasteiger partial charge in [-0.1, -0.05) is 13.8 Å². The van der Waals surface area contributed by atoms with Gasteiger partial charge in [0, 0.05) is 38.8 Å². The zero-order valence-electron chi connectivity index (χ0n) is 10.8. The lowest BCUT2D eigenvalue weighted by molar-refractivity contribution is 0.0831. The average molecular weight is 230 g/mol. The van der Waals surface area contributed by atoms with Gasteiger partial charge in [-0.3, -0.25) is 4.90 Å². The standard InChI is InChI=1S/C12H26N2O2/c1-10(2)13-8-12(15)9-14(6-7-16-3)11-4-5-11/h10-13,15H,4-9H2,1-3H3. The van der Waals surface area contributed by atoms with Gasteiger partial charge in [-0.05, 0) is 12.8 Å². The molecule has 0 aromatic rings. The first-order valence-electron chi connectivity index (χ1n) is 6.28. The molecular formula is C12H26N2O2. The van der Waals surface area contributed by atoms with E-state index < -0.39 is 0 Å². The van der Waals surface area contributed by atoms with Gasteiger partial charge in [0.25, 0.3) is 0 Å². The highest BCUT2D eigenvalue weighted by molar-refractivity contribution is 4.86. The number of aliphatic hydroxyl groups is 1. The Bertz CT molecular complexity index is 184. The zero-order valence-corrected chi connectivity index (χ0v) is 10.8. The van der Waals surface area contributed by atoms with Crippen LogP contribution in [0.15, 0.2) is 0 Å². The van der Waals surface area contributed by atoms with Crippen LogP contribution in [0, 0.1) is 0 Å². The van der Waals surface area contributed by atoms with Gasteiger partial charge in [-0.15, -0.1) is 0 Å². The molecule has 1 unspecified atom stereocenters. The quantitative estimate of drug-likeness (QED) is 0.604. The third kappa shape index (κ3) is 5.80. The number of methoxy groups -OCH3 is 1. The highest BCUT2D eigenvalue weighted by Gasteiger charge is 2.29. The predicted octanol–water partition coefficient (Wildman–Crippen LogP) is 0.456. The highest BCUT2D eigenvalue weighted by atomic mass is 16.5. The van der Waals surface area contributed by atoms with E-state index in [0.29, 0.717) is 18.6 Å². The lowest BCUT2D eigenvalue weighted by Gasteiger charge is -2.25. The van der Waals surface area contributed by atoms with Crippen molar-refractivity contribution in [2.24, 2.45) is 0 Å². The van der Waals surface area contributed by atoms with Crippen molar-refractivity contribution in [3.63, 3.8) is 0 Å². The molecule has 0 aliphatic heterocycles. The van der Waals surface area contributed by atoms with Crippen molar-refractivity contribution in [1.29, 1.82) is 0 Å². The molecule has 1 rings (SSSR count). The first-order chi connectivity index (χ1) is 7.63. The van der Waals surface area contributed by atoms with Crippen LogP contribution in [0.4, 0.5) is 0 Å². The first-order valence-corrected chi connectivity index (χ1v) is 6.28. The molecule has 4 heteroatoms. The summed E-state index contributed by atoms with van der Waals surface area (Å²) >= 11 is 0. The Morgan fingerprint density at radius 3 is 2.62 bits per heavy atom. The number of ether oxygens (including phenoxy) is 1. The molecule has 0 radical (unpaired) electrons. The van der Waals surface area contributed by atoms with Crippen LogP contribution in [0.1, 0.15) is 26.7 Å². The average Bonchev–Trinajstić information content (AvgIpc) is 3.05. The van der Waals surface area contributed by atoms with E-state index in [2.05, 4.69) is 24.1 Å². The third-order valence-corrected chi connectivity index (χ3v) is 2.85. The summed E-state index contributed by atoms with van der Waals surface area (Å²) in [5.74, 6) is 0. The van der Waals surface area contributed by atoms with Crippen LogP contribution in [0.5, 0.6) is 0 Å². The van der Waals surface area contributed by atoms with Gasteiger partial charge < -0.3 is 15.2 Å². The van der Waals surface area contributed by atoms with Gasteiger partial charge >= 0.3 is 0 Å². The van der Waals surface area contributed by atoms with Gasteiger partial charge in [0.1, 0.15) is 0 Å². The number of hydrogen-bond acceptors (Lipinski definition) is 4. The Morgan fingerprint density at radius 2 is 2.12 bits per heavy atom. The Labute approximate surface area is 99.0 Å². The van der Waals surface area contributed by atoms with E-state index >= 15 is 0 Å². The maximum Gasteiger partial charge on any atom is 0.0791 e. The molecule has 0 saturated heterocycles. The van der Waals surface area contributed by atoms with Gasteiger partial charge in [-0.25, -0.2) is 0 Å². The molecule has 0 spiro atoms. The number of aliphatic hydroxyl groups excluding tert-OH is 1. The first kappa shape index (κ1) is 13.9. The Hall–Kier alpha value is -0.160. The molecule has 16 heavy (non-hydrogen) atoms. The summed E-state index contributed by atoms with van der Waals surface area (Å²) in [6.45, 7) is 7.30. The van der Waals surface area contributed by atoms with Gasteiger partial charge in [-0.2, -0.15) is 0 Å². The fourth-order valence-electron chi connectivity index (χ4n) is 1.78. The normalized spacial score (nSPS) is 18.4. The lowest BCUT2D eigenvalue weighted by atomic mass is 10.3. The second-order valence-corrected chi connectivity index (χ2v) is 4.94. The van der Waals surface area contributed by atoms with Crippen molar-refractivity contribution in [2.75, 3.05) is 33.4 Å². The van der Waals surface area contributed by atoms with Crippen LogP contribution in [0.2, 0.25) is 0 Å². The number of rotatable bonds is 9. The van der Waals surface area contributed by atoms with Crippen molar-refractivity contribution in [3.8, 4) is 0 Å². The van der Waals surface area contributed by atoms with Crippen LogP contribution >= 0.6 is 0 Å². The molecule has 0 aromatic carbocycles. The van der Waals surface area contributed by atoms with E-state index in [4.69, 9.17) is 4.74 Å². The second-order valence-electron chi connectivity index (χ2n) is 4.94. The Kier molecular flexibility index (Phi) is 6.28. The third-order valence-electron chi connectivity index (χ3n) is 2.85. The summed E-state index contributed by atoms with van der Waals surface area (Å²) in [7, 11) is 1.72. The Morgan fingerprint density at radius 1 is 1.44 bits per heavy atom. The van der Waals surface area contributed by atoms with Crippen molar-refractivity contribution in [1.82, 2.24) is 10.2 Å². The summed E-state index contributed by atoms with van der Waals surface area (Å²) in [4.78, 5) is 2.34. The fourth-order valence-corrected chi connectivity index (χ4v) is 1.78. The van der Waals surface area contributed by atoms with Crippen LogP contribution in [-0.4, -0.2) is 61.5 Å². The van der Waals surface area contributed by atoms with Crippen molar-refractivity contribution in [2.45, 2.75) is 44.9 Å². The number of hydrogen-bond donors (Lipinski definition) is 2. The smallest absolute Gasteiger partial charge is 0.0791 e. The van der Waals surface area contributed by atoms with E-state index in [1.807, 2.05) is 0 Å². The van der Waals surface area contributed by atoms with Crippen LogP contribution in [0.3, 0.4) is 0 Å². The molecule has 96 valence electrons. The fraction of sp³-hybridized carbons (Fsp3) is 1.00. The molecule has 1 saturated carbocycles. The SMILES string of the molecule is COCCN(CC(O)CNC(C)C)C1CC1. The number of nitrogens with one attached hydrogen (secondary N) is 1.